The van der Waals surface area contributed by atoms with E-state index in [9.17, 15) is 0 Å². The molecule has 0 radical (unpaired) electrons. The van der Waals surface area contributed by atoms with Gasteiger partial charge in [-0.15, -0.1) is 12.4 Å². The summed E-state index contributed by atoms with van der Waals surface area (Å²) in [4.78, 5) is 4.31. The third-order valence-corrected chi connectivity index (χ3v) is 6.12. The van der Waals surface area contributed by atoms with Crippen molar-refractivity contribution in [3.63, 3.8) is 0 Å². The molecule has 2 aromatic carbocycles. The van der Waals surface area contributed by atoms with Crippen LogP contribution in [0.5, 0.6) is 5.75 Å². The fourth-order valence-electron chi connectivity index (χ4n) is 3.88. The third-order valence-electron chi connectivity index (χ3n) is 5.50. The molecule has 6 heteroatoms. The van der Waals surface area contributed by atoms with E-state index in [4.69, 9.17) is 28.6 Å². The number of nitrogens with zero attached hydrogens (tertiary/aromatic N) is 2. The van der Waals surface area contributed by atoms with Crippen LogP contribution in [0.1, 0.15) is 42.7 Å². The van der Waals surface area contributed by atoms with E-state index in [1.54, 1.807) is 0 Å². The largest absolute Gasteiger partial charge is 0.432 e. The number of rotatable bonds is 5. The van der Waals surface area contributed by atoms with Crippen LogP contribution in [-0.4, -0.2) is 42.2 Å². The van der Waals surface area contributed by atoms with Crippen molar-refractivity contribution >= 4 is 41.4 Å². The van der Waals surface area contributed by atoms with Crippen LogP contribution >= 0.6 is 36.2 Å². The summed E-state index contributed by atoms with van der Waals surface area (Å²) in [6, 6.07) is 16.9. The van der Waals surface area contributed by atoms with Crippen LogP contribution < -0.4 is 4.74 Å². The van der Waals surface area contributed by atoms with Crippen LogP contribution in [0.4, 0.5) is 0 Å². The molecular weight excluding hydrogens is 423 g/mol. The minimum Gasteiger partial charge on any atom is -0.432 e. The maximum absolute atomic E-state index is 5.93. The van der Waals surface area contributed by atoms with Gasteiger partial charge >= 0.3 is 0 Å². The lowest BCUT2D eigenvalue weighted by Gasteiger charge is -2.35. The first-order chi connectivity index (χ1) is 13.4. The molecule has 0 aromatic heterocycles. The summed E-state index contributed by atoms with van der Waals surface area (Å²) in [7, 11) is 6.25. The number of halogens is 2. The SMILES string of the molecule is CN(C)Cc1ccc(C2CCC(N(C)C(=S)Oc3ccc(Cl)cc3)CC2)cc1.Cl. The molecule has 1 aliphatic carbocycles. The molecule has 0 bridgehead atoms. The normalized spacial score (nSPS) is 18.8. The Kier molecular flexibility index (Phi) is 9.22. The molecule has 29 heavy (non-hydrogen) atoms. The Morgan fingerprint density at radius 1 is 0.966 bits per heavy atom. The van der Waals surface area contributed by atoms with Gasteiger partial charge in [-0.3, -0.25) is 0 Å². The molecule has 158 valence electrons. The second-order valence-corrected chi connectivity index (χ2v) is 8.70. The summed E-state index contributed by atoms with van der Waals surface area (Å²) in [6.07, 6.45) is 4.63. The lowest BCUT2D eigenvalue weighted by atomic mass is 9.81. The molecule has 2 aromatic rings. The van der Waals surface area contributed by atoms with Crippen LogP contribution in [0.15, 0.2) is 48.5 Å². The Morgan fingerprint density at radius 3 is 2.10 bits per heavy atom. The maximum atomic E-state index is 5.93. The average Bonchev–Trinajstić information content (AvgIpc) is 2.69. The van der Waals surface area contributed by atoms with Gasteiger partial charge in [-0.05, 0) is 93.3 Å². The Hall–Kier alpha value is -1.33. The summed E-state index contributed by atoms with van der Waals surface area (Å²) >= 11 is 11.4. The summed E-state index contributed by atoms with van der Waals surface area (Å²) in [5.74, 6) is 1.37. The van der Waals surface area contributed by atoms with Crippen molar-refractivity contribution in [2.45, 2.75) is 44.2 Å². The maximum Gasteiger partial charge on any atom is 0.264 e. The minimum absolute atomic E-state index is 0. The summed E-state index contributed by atoms with van der Waals surface area (Å²) in [5, 5.41) is 1.22. The summed E-state index contributed by atoms with van der Waals surface area (Å²) in [5.41, 5.74) is 2.83. The van der Waals surface area contributed by atoms with Crippen molar-refractivity contribution in [1.29, 1.82) is 0 Å². The average molecular weight is 453 g/mol. The molecule has 3 rings (SSSR count). The molecule has 0 spiro atoms. The van der Waals surface area contributed by atoms with Crippen molar-refractivity contribution in [1.82, 2.24) is 9.80 Å². The predicted molar refractivity (Wildman–Crippen MR) is 129 cm³/mol. The zero-order valence-electron chi connectivity index (χ0n) is 17.3. The van der Waals surface area contributed by atoms with Gasteiger partial charge in [-0.1, -0.05) is 35.9 Å². The third kappa shape index (κ3) is 6.85. The van der Waals surface area contributed by atoms with E-state index in [-0.39, 0.29) is 12.4 Å². The highest BCUT2D eigenvalue weighted by molar-refractivity contribution is 7.80. The minimum atomic E-state index is 0. The molecule has 3 nitrogen and oxygen atoms in total. The van der Waals surface area contributed by atoms with Crippen molar-refractivity contribution in [3.8, 4) is 5.75 Å². The van der Waals surface area contributed by atoms with E-state index in [1.807, 2.05) is 31.3 Å². The van der Waals surface area contributed by atoms with Crippen molar-refractivity contribution in [2.24, 2.45) is 0 Å². The topological polar surface area (TPSA) is 15.7 Å². The van der Waals surface area contributed by atoms with Crippen LogP contribution in [0.25, 0.3) is 0 Å². The van der Waals surface area contributed by atoms with Crippen molar-refractivity contribution in [2.75, 3.05) is 21.1 Å². The molecule has 1 saturated carbocycles. The van der Waals surface area contributed by atoms with Crippen LogP contribution in [0.2, 0.25) is 5.02 Å². The van der Waals surface area contributed by atoms with Gasteiger partial charge in [0.2, 0.25) is 0 Å². The first kappa shape index (κ1) is 23.9. The summed E-state index contributed by atoms with van der Waals surface area (Å²) < 4.78 is 5.84. The van der Waals surface area contributed by atoms with E-state index < -0.39 is 0 Å². The van der Waals surface area contributed by atoms with E-state index in [0.29, 0.717) is 22.2 Å². The quantitative estimate of drug-likeness (QED) is 0.505. The molecule has 0 heterocycles. The fourth-order valence-corrected chi connectivity index (χ4v) is 4.25. The van der Waals surface area contributed by atoms with Crippen LogP contribution in [0, 0.1) is 0 Å². The van der Waals surface area contributed by atoms with Gasteiger partial charge in [-0.2, -0.15) is 0 Å². The number of ether oxygens (including phenoxy) is 1. The Morgan fingerprint density at radius 2 is 1.55 bits per heavy atom. The van der Waals surface area contributed by atoms with E-state index in [2.05, 4.69) is 48.2 Å². The van der Waals surface area contributed by atoms with E-state index in [1.165, 1.54) is 24.0 Å². The zero-order valence-corrected chi connectivity index (χ0v) is 19.7. The van der Waals surface area contributed by atoms with E-state index >= 15 is 0 Å². The predicted octanol–water partition coefficient (Wildman–Crippen LogP) is 6.15. The smallest absolute Gasteiger partial charge is 0.264 e. The Balaban J connectivity index is 0.00000300. The highest BCUT2D eigenvalue weighted by atomic mass is 35.5. The standard InChI is InChI=1S/C23H29ClN2OS.ClH/c1-25(2)16-17-4-6-18(7-5-17)19-8-12-21(13-9-19)26(3)23(28)27-22-14-10-20(24)11-15-22;/h4-7,10-11,14-15,19,21H,8-9,12-13,16H2,1-3H3;1H. The van der Waals surface area contributed by atoms with Gasteiger partial charge in [-0.25, -0.2) is 0 Å². The zero-order chi connectivity index (χ0) is 20.1. The second-order valence-electron chi connectivity index (χ2n) is 7.92. The lowest BCUT2D eigenvalue weighted by molar-refractivity contribution is 0.239. The highest BCUT2D eigenvalue weighted by Gasteiger charge is 2.26. The number of hydrogen-bond donors (Lipinski definition) is 0. The van der Waals surface area contributed by atoms with Gasteiger partial charge < -0.3 is 14.5 Å². The summed E-state index contributed by atoms with van der Waals surface area (Å²) in [6.45, 7) is 0.989. The number of hydrogen-bond acceptors (Lipinski definition) is 3. The van der Waals surface area contributed by atoms with Gasteiger partial charge in [0.1, 0.15) is 5.75 Å². The van der Waals surface area contributed by atoms with Crippen LogP contribution in [0.3, 0.4) is 0 Å². The van der Waals surface area contributed by atoms with Crippen LogP contribution in [-0.2, 0) is 6.54 Å². The molecule has 1 aliphatic rings. The van der Waals surface area contributed by atoms with Crippen molar-refractivity contribution in [3.05, 3.63) is 64.7 Å². The van der Waals surface area contributed by atoms with Crippen molar-refractivity contribution < 1.29 is 4.74 Å². The van der Waals surface area contributed by atoms with Gasteiger partial charge in [0.15, 0.2) is 0 Å². The molecule has 0 amide bonds. The highest BCUT2D eigenvalue weighted by Crippen LogP contribution is 2.35. The molecule has 0 saturated heterocycles. The first-order valence-electron chi connectivity index (χ1n) is 9.86. The van der Waals surface area contributed by atoms with E-state index in [0.717, 1.165) is 25.1 Å². The van der Waals surface area contributed by atoms with Gasteiger partial charge in [0.25, 0.3) is 5.17 Å². The number of thiocarbonyl (C=S) groups is 1. The van der Waals surface area contributed by atoms with Gasteiger partial charge in [0, 0.05) is 24.7 Å². The molecular formula is C23H30Cl2N2OS. The van der Waals surface area contributed by atoms with Gasteiger partial charge in [0.05, 0.1) is 0 Å². The fraction of sp³-hybridized carbons (Fsp3) is 0.435. The molecule has 0 aliphatic heterocycles. The second kappa shape index (κ2) is 11.2. The first-order valence-corrected chi connectivity index (χ1v) is 10.6. The monoisotopic (exact) mass is 452 g/mol. The number of benzene rings is 2. The molecule has 0 N–H and O–H groups in total. The molecule has 0 atom stereocenters. The molecule has 0 unspecified atom stereocenters. The Bertz CT molecular complexity index is 772. The molecule has 1 fully saturated rings. The lowest BCUT2D eigenvalue weighted by Crippen LogP contribution is -2.40. The Labute approximate surface area is 191 Å².